The van der Waals surface area contributed by atoms with Crippen molar-refractivity contribution < 1.29 is 13.2 Å². The van der Waals surface area contributed by atoms with E-state index < -0.39 is 12.7 Å². The van der Waals surface area contributed by atoms with E-state index in [-0.39, 0.29) is 6.04 Å². The maximum atomic E-state index is 12.7. The monoisotopic (exact) mass is 318 g/mol. The molecular weight excluding hydrogens is 301 g/mol. The van der Waals surface area contributed by atoms with Crippen LogP contribution in [0.2, 0.25) is 5.02 Å². The Balaban J connectivity index is 1.71. The molecule has 0 aliphatic heterocycles. The van der Waals surface area contributed by atoms with Crippen molar-refractivity contribution in [1.29, 1.82) is 0 Å². The second-order valence-corrected chi connectivity index (χ2v) is 6.31. The van der Waals surface area contributed by atoms with Crippen molar-refractivity contribution >= 4 is 17.3 Å². The Morgan fingerprint density at radius 2 is 1.90 bits per heavy atom. The molecule has 2 aliphatic carbocycles. The van der Waals surface area contributed by atoms with Crippen LogP contribution in [0.3, 0.4) is 0 Å². The van der Waals surface area contributed by atoms with Gasteiger partial charge in [-0.05, 0) is 43.4 Å². The quantitative estimate of drug-likeness (QED) is 0.848. The fourth-order valence-corrected chi connectivity index (χ4v) is 2.65. The SMILES string of the molecule is FC(F)(F)CN(c1ccc(CNC2CC2)c(Cl)c1)C1CC1. The number of halogens is 4. The molecule has 0 heterocycles. The molecule has 0 aromatic heterocycles. The van der Waals surface area contributed by atoms with Crippen LogP contribution >= 0.6 is 11.6 Å². The molecule has 0 amide bonds. The van der Waals surface area contributed by atoms with Crippen LogP contribution in [0.4, 0.5) is 18.9 Å². The lowest BCUT2D eigenvalue weighted by Crippen LogP contribution is -2.36. The van der Waals surface area contributed by atoms with Gasteiger partial charge >= 0.3 is 6.18 Å². The Labute approximate surface area is 127 Å². The summed E-state index contributed by atoms with van der Waals surface area (Å²) in [5.74, 6) is 0. The number of anilines is 1. The molecular formula is C15H18ClF3N2. The first-order valence-corrected chi connectivity index (χ1v) is 7.65. The van der Waals surface area contributed by atoms with Crippen molar-refractivity contribution in [2.24, 2.45) is 0 Å². The molecule has 0 spiro atoms. The molecule has 0 unspecified atom stereocenters. The largest absolute Gasteiger partial charge is 0.405 e. The second kappa shape index (κ2) is 5.69. The first-order chi connectivity index (χ1) is 9.92. The van der Waals surface area contributed by atoms with Gasteiger partial charge in [-0.3, -0.25) is 0 Å². The molecule has 116 valence electrons. The molecule has 2 aliphatic rings. The molecule has 0 bridgehead atoms. The van der Waals surface area contributed by atoms with Gasteiger partial charge in [0.25, 0.3) is 0 Å². The Hall–Kier alpha value is -0.940. The van der Waals surface area contributed by atoms with Crippen LogP contribution in [0.25, 0.3) is 0 Å². The highest BCUT2D eigenvalue weighted by Crippen LogP contribution is 2.36. The Bertz CT molecular complexity index is 510. The minimum atomic E-state index is -4.19. The van der Waals surface area contributed by atoms with Gasteiger partial charge in [0.05, 0.1) is 0 Å². The van der Waals surface area contributed by atoms with Crippen LogP contribution in [0.1, 0.15) is 31.2 Å². The van der Waals surface area contributed by atoms with E-state index in [4.69, 9.17) is 11.6 Å². The fourth-order valence-electron chi connectivity index (χ4n) is 2.41. The van der Waals surface area contributed by atoms with Crippen LogP contribution in [0.15, 0.2) is 18.2 Å². The van der Waals surface area contributed by atoms with Crippen LogP contribution < -0.4 is 10.2 Å². The summed E-state index contributed by atoms with van der Waals surface area (Å²) in [5, 5.41) is 3.89. The van der Waals surface area contributed by atoms with Crippen molar-refractivity contribution in [2.45, 2.75) is 50.5 Å². The number of hydrogen-bond donors (Lipinski definition) is 1. The van der Waals surface area contributed by atoms with E-state index in [9.17, 15) is 13.2 Å². The van der Waals surface area contributed by atoms with Crippen molar-refractivity contribution in [1.82, 2.24) is 5.32 Å². The summed E-state index contributed by atoms with van der Waals surface area (Å²) in [4.78, 5) is 1.42. The third kappa shape index (κ3) is 4.27. The predicted octanol–water partition coefficient (Wildman–Crippen LogP) is 4.12. The average Bonchev–Trinajstić information content (AvgIpc) is 3.26. The predicted molar refractivity (Wildman–Crippen MR) is 77.7 cm³/mol. The first kappa shape index (κ1) is 15.0. The molecule has 0 atom stereocenters. The molecule has 2 saturated carbocycles. The van der Waals surface area contributed by atoms with Gasteiger partial charge < -0.3 is 10.2 Å². The summed E-state index contributed by atoms with van der Waals surface area (Å²) in [7, 11) is 0. The Morgan fingerprint density at radius 3 is 2.43 bits per heavy atom. The van der Waals surface area contributed by atoms with E-state index in [0.717, 1.165) is 18.4 Å². The van der Waals surface area contributed by atoms with E-state index >= 15 is 0 Å². The lowest BCUT2D eigenvalue weighted by atomic mass is 10.2. The van der Waals surface area contributed by atoms with Crippen molar-refractivity contribution in [3.05, 3.63) is 28.8 Å². The lowest BCUT2D eigenvalue weighted by Gasteiger charge is -2.26. The zero-order valence-corrected chi connectivity index (χ0v) is 12.3. The number of nitrogens with zero attached hydrogens (tertiary/aromatic N) is 1. The van der Waals surface area contributed by atoms with Gasteiger partial charge in [-0.1, -0.05) is 17.7 Å². The number of alkyl halides is 3. The standard InChI is InChI=1S/C15H18ClF3N2/c16-14-7-13(4-1-10(14)8-20-11-2-3-11)21(12-5-6-12)9-15(17,18)19/h1,4,7,11-12,20H,2-3,5-6,8-9H2. The van der Waals surface area contributed by atoms with Crippen LogP contribution in [-0.4, -0.2) is 24.8 Å². The minimum absolute atomic E-state index is 0.00173. The van der Waals surface area contributed by atoms with Gasteiger partial charge in [0.1, 0.15) is 6.54 Å². The minimum Gasteiger partial charge on any atom is -0.359 e. The molecule has 0 saturated heterocycles. The first-order valence-electron chi connectivity index (χ1n) is 7.27. The van der Waals surface area contributed by atoms with Gasteiger partial charge in [0.2, 0.25) is 0 Å². The Morgan fingerprint density at radius 1 is 1.19 bits per heavy atom. The smallest absolute Gasteiger partial charge is 0.359 e. The van der Waals surface area contributed by atoms with Crippen molar-refractivity contribution in [3.8, 4) is 0 Å². The number of nitrogens with one attached hydrogen (secondary N) is 1. The van der Waals surface area contributed by atoms with E-state index in [1.807, 2.05) is 6.07 Å². The number of rotatable bonds is 6. The number of hydrogen-bond acceptors (Lipinski definition) is 2. The molecule has 3 rings (SSSR count). The van der Waals surface area contributed by atoms with Crippen LogP contribution in [-0.2, 0) is 6.54 Å². The summed E-state index contributed by atoms with van der Waals surface area (Å²) < 4.78 is 38.1. The molecule has 2 nitrogen and oxygen atoms in total. The topological polar surface area (TPSA) is 15.3 Å². The maximum absolute atomic E-state index is 12.7. The average molecular weight is 319 g/mol. The molecule has 0 radical (unpaired) electrons. The highest BCUT2D eigenvalue weighted by molar-refractivity contribution is 6.31. The highest BCUT2D eigenvalue weighted by atomic mass is 35.5. The molecule has 1 aromatic rings. The van der Waals surface area contributed by atoms with Gasteiger partial charge in [0, 0.05) is 29.3 Å². The summed E-state index contributed by atoms with van der Waals surface area (Å²) in [6, 6.07) is 5.82. The zero-order valence-electron chi connectivity index (χ0n) is 11.6. The van der Waals surface area contributed by atoms with Crippen molar-refractivity contribution in [3.63, 3.8) is 0 Å². The summed E-state index contributed by atoms with van der Waals surface area (Å²) in [5.41, 5.74) is 1.50. The maximum Gasteiger partial charge on any atom is 0.405 e. The molecule has 21 heavy (non-hydrogen) atoms. The summed E-state index contributed by atoms with van der Waals surface area (Å²) in [6.07, 6.45) is -0.174. The fraction of sp³-hybridized carbons (Fsp3) is 0.600. The van der Waals surface area contributed by atoms with Gasteiger partial charge in [-0.15, -0.1) is 0 Å². The summed E-state index contributed by atoms with van der Waals surface area (Å²) >= 11 is 6.23. The zero-order chi connectivity index (χ0) is 15.0. The third-order valence-corrected chi connectivity index (χ3v) is 4.22. The molecule has 6 heteroatoms. The second-order valence-electron chi connectivity index (χ2n) is 5.91. The van der Waals surface area contributed by atoms with Crippen LogP contribution in [0.5, 0.6) is 0 Å². The van der Waals surface area contributed by atoms with E-state index in [1.54, 1.807) is 12.1 Å². The molecule has 1 aromatic carbocycles. The van der Waals surface area contributed by atoms with Gasteiger partial charge in [-0.2, -0.15) is 13.2 Å². The number of benzene rings is 1. The normalized spacial score (nSPS) is 18.9. The highest BCUT2D eigenvalue weighted by Gasteiger charge is 2.38. The third-order valence-electron chi connectivity index (χ3n) is 3.86. The lowest BCUT2D eigenvalue weighted by molar-refractivity contribution is -0.120. The van der Waals surface area contributed by atoms with Crippen LogP contribution in [0, 0.1) is 0 Å². The summed E-state index contributed by atoms with van der Waals surface area (Å²) in [6.45, 7) is -0.236. The van der Waals surface area contributed by atoms with Gasteiger partial charge in [0.15, 0.2) is 0 Å². The molecule has 1 N–H and O–H groups in total. The van der Waals surface area contributed by atoms with E-state index in [2.05, 4.69) is 5.32 Å². The van der Waals surface area contributed by atoms with E-state index in [0.29, 0.717) is 23.3 Å². The molecule has 2 fully saturated rings. The van der Waals surface area contributed by atoms with Gasteiger partial charge in [-0.25, -0.2) is 0 Å². The van der Waals surface area contributed by atoms with Crippen molar-refractivity contribution in [2.75, 3.05) is 11.4 Å². The Kier molecular flexibility index (Phi) is 4.06. The van der Waals surface area contributed by atoms with E-state index in [1.165, 1.54) is 17.7 Å².